The van der Waals surface area contributed by atoms with Gasteiger partial charge in [0.15, 0.2) is 0 Å². The van der Waals surface area contributed by atoms with Gasteiger partial charge in [0.1, 0.15) is 5.60 Å². The topological polar surface area (TPSA) is 88.9 Å². The molecule has 2 aromatic carbocycles. The monoisotopic (exact) mass is 583 g/mol. The second kappa shape index (κ2) is 13.0. The summed E-state index contributed by atoms with van der Waals surface area (Å²) in [4.78, 5) is 32.7. The lowest BCUT2D eigenvalue weighted by molar-refractivity contribution is -0.137. The zero-order valence-corrected chi connectivity index (χ0v) is 25.5. The summed E-state index contributed by atoms with van der Waals surface area (Å²) in [5, 5.41) is 12.7. The Kier molecular flexibility index (Phi) is 8.90. The number of rotatable bonds is 7. The van der Waals surface area contributed by atoms with Gasteiger partial charge in [-0.05, 0) is 80.7 Å². The van der Waals surface area contributed by atoms with Crippen molar-refractivity contribution in [1.29, 1.82) is 5.26 Å². The number of ether oxygens (including phenoxy) is 1. The minimum absolute atomic E-state index is 0.120. The van der Waals surface area contributed by atoms with E-state index in [0.717, 1.165) is 90.6 Å². The van der Waals surface area contributed by atoms with Crippen LogP contribution in [0.5, 0.6) is 0 Å². The molecule has 0 radical (unpaired) electrons. The number of carbonyl (C=O) groups is 2. The highest BCUT2D eigenvalue weighted by molar-refractivity contribution is 5.79. The SMILES string of the molecule is Cc1ccccc1NC1CCN(C(=O)C2CCC(CN3CC4(CCN(Cc5ccc(C#N)cc5)CC4)OC3=O)CC2)CC1. The van der Waals surface area contributed by atoms with Crippen LogP contribution in [-0.4, -0.2) is 77.6 Å². The van der Waals surface area contributed by atoms with Crippen molar-refractivity contribution in [2.45, 2.75) is 76.5 Å². The van der Waals surface area contributed by atoms with Crippen molar-refractivity contribution in [3.63, 3.8) is 0 Å². The van der Waals surface area contributed by atoms with Gasteiger partial charge in [-0.2, -0.15) is 5.26 Å². The fourth-order valence-electron chi connectivity index (χ4n) is 7.52. The minimum atomic E-state index is -0.369. The van der Waals surface area contributed by atoms with Gasteiger partial charge in [-0.15, -0.1) is 0 Å². The Morgan fingerprint density at radius 1 is 0.977 bits per heavy atom. The summed E-state index contributed by atoms with van der Waals surface area (Å²) in [5.74, 6) is 0.891. The van der Waals surface area contributed by atoms with Crippen LogP contribution in [0.25, 0.3) is 0 Å². The first-order chi connectivity index (χ1) is 20.9. The first-order valence-corrected chi connectivity index (χ1v) is 16.2. The molecule has 0 unspecified atom stereocenters. The molecule has 2 amide bonds. The van der Waals surface area contributed by atoms with Crippen LogP contribution in [0.1, 0.15) is 68.1 Å². The Balaban J connectivity index is 0.912. The molecule has 0 atom stereocenters. The molecule has 1 spiro atoms. The molecule has 8 heteroatoms. The number of likely N-dealkylation sites (tertiary alicyclic amines) is 2. The third-order valence-electron chi connectivity index (χ3n) is 10.3. The number of hydrogen-bond acceptors (Lipinski definition) is 6. The van der Waals surface area contributed by atoms with E-state index in [-0.39, 0.29) is 17.6 Å². The van der Waals surface area contributed by atoms with E-state index in [1.807, 2.05) is 29.2 Å². The molecule has 43 heavy (non-hydrogen) atoms. The molecule has 6 rings (SSSR count). The van der Waals surface area contributed by atoms with Gasteiger partial charge in [-0.3, -0.25) is 9.69 Å². The highest BCUT2D eigenvalue weighted by Crippen LogP contribution is 2.37. The Bertz CT molecular complexity index is 1310. The summed E-state index contributed by atoms with van der Waals surface area (Å²) in [7, 11) is 0. The lowest BCUT2D eigenvalue weighted by Crippen LogP contribution is -2.47. The number of nitriles is 1. The number of amides is 2. The molecule has 3 heterocycles. The third kappa shape index (κ3) is 6.99. The molecule has 1 saturated carbocycles. The van der Waals surface area contributed by atoms with E-state index in [2.05, 4.69) is 52.4 Å². The molecule has 3 aliphatic heterocycles. The maximum Gasteiger partial charge on any atom is 0.410 e. The van der Waals surface area contributed by atoms with Crippen molar-refractivity contribution >= 4 is 17.7 Å². The van der Waals surface area contributed by atoms with Gasteiger partial charge in [-0.25, -0.2) is 4.79 Å². The number of para-hydroxylation sites is 1. The molecule has 228 valence electrons. The Morgan fingerprint density at radius 2 is 1.67 bits per heavy atom. The maximum absolute atomic E-state index is 13.4. The molecule has 4 aliphatic rings. The molecule has 1 aliphatic carbocycles. The van der Waals surface area contributed by atoms with Crippen molar-refractivity contribution in [3.05, 3.63) is 65.2 Å². The number of hydrogen-bond donors (Lipinski definition) is 1. The largest absolute Gasteiger partial charge is 0.441 e. The van der Waals surface area contributed by atoms with Crippen LogP contribution >= 0.6 is 0 Å². The van der Waals surface area contributed by atoms with Crippen LogP contribution in [0.2, 0.25) is 0 Å². The molecular formula is C35H45N5O3. The second-order valence-electron chi connectivity index (χ2n) is 13.3. The summed E-state index contributed by atoms with van der Waals surface area (Å²) in [6, 6.07) is 18.8. The molecule has 4 fully saturated rings. The van der Waals surface area contributed by atoms with Gasteiger partial charge in [0.25, 0.3) is 0 Å². The molecule has 2 aromatic rings. The minimum Gasteiger partial charge on any atom is -0.441 e. The Morgan fingerprint density at radius 3 is 2.35 bits per heavy atom. The normalized spacial score (nSPS) is 24.5. The van der Waals surface area contributed by atoms with E-state index in [0.29, 0.717) is 30.0 Å². The van der Waals surface area contributed by atoms with Gasteiger partial charge < -0.3 is 19.9 Å². The summed E-state index contributed by atoms with van der Waals surface area (Å²) in [6.45, 7) is 7.86. The Hall–Kier alpha value is -3.57. The van der Waals surface area contributed by atoms with Gasteiger partial charge >= 0.3 is 6.09 Å². The van der Waals surface area contributed by atoms with E-state index in [1.165, 1.54) is 16.8 Å². The second-order valence-corrected chi connectivity index (χ2v) is 13.3. The van der Waals surface area contributed by atoms with Gasteiger partial charge in [0.2, 0.25) is 5.91 Å². The zero-order chi connectivity index (χ0) is 29.8. The van der Waals surface area contributed by atoms with Crippen LogP contribution in [0.15, 0.2) is 48.5 Å². The summed E-state index contributed by atoms with van der Waals surface area (Å²) < 4.78 is 6.02. The van der Waals surface area contributed by atoms with Gasteiger partial charge in [0, 0.05) is 69.8 Å². The molecule has 0 aromatic heterocycles. The summed E-state index contributed by atoms with van der Waals surface area (Å²) in [5.41, 5.74) is 3.97. The molecule has 0 bridgehead atoms. The number of nitrogens with zero attached hydrogens (tertiary/aromatic N) is 4. The predicted molar refractivity (Wildman–Crippen MR) is 166 cm³/mol. The summed E-state index contributed by atoms with van der Waals surface area (Å²) in [6.07, 6.45) is 7.35. The quantitative estimate of drug-likeness (QED) is 0.459. The van der Waals surface area contributed by atoms with E-state index in [9.17, 15) is 9.59 Å². The van der Waals surface area contributed by atoms with E-state index in [1.54, 1.807) is 0 Å². The molecule has 8 nitrogen and oxygen atoms in total. The lowest BCUT2D eigenvalue weighted by atomic mass is 9.80. The highest BCUT2D eigenvalue weighted by atomic mass is 16.6. The van der Waals surface area contributed by atoms with Crippen LogP contribution in [-0.2, 0) is 16.1 Å². The van der Waals surface area contributed by atoms with Crippen molar-refractivity contribution in [2.75, 3.05) is 44.6 Å². The number of nitrogens with one attached hydrogen (secondary N) is 1. The lowest BCUT2D eigenvalue weighted by Gasteiger charge is -2.38. The molecular weight excluding hydrogens is 538 g/mol. The summed E-state index contributed by atoms with van der Waals surface area (Å²) >= 11 is 0. The van der Waals surface area contributed by atoms with Gasteiger partial charge in [-0.1, -0.05) is 30.3 Å². The van der Waals surface area contributed by atoms with E-state index >= 15 is 0 Å². The predicted octanol–water partition coefficient (Wildman–Crippen LogP) is 5.56. The van der Waals surface area contributed by atoms with Crippen LogP contribution in [0.3, 0.4) is 0 Å². The third-order valence-corrected chi connectivity index (χ3v) is 10.3. The van der Waals surface area contributed by atoms with Crippen LogP contribution in [0, 0.1) is 30.1 Å². The fraction of sp³-hybridized carbons (Fsp3) is 0.571. The van der Waals surface area contributed by atoms with Gasteiger partial charge in [0.05, 0.1) is 18.2 Å². The number of anilines is 1. The molecule has 3 saturated heterocycles. The van der Waals surface area contributed by atoms with Crippen molar-refractivity contribution < 1.29 is 14.3 Å². The van der Waals surface area contributed by atoms with Crippen LogP contribution < -0.4 is 5.32 Å². The van der Waals surface area contributed by atoms with Crippen molar-refractivity contribution in [2.24, 2.45) is 11.8 Å². The number of benzene rings is 2. The first-order valence-electron chi connectivity index (χ1n) is 16.2. The van der Waals surface area contributed by atoms with Crippen molar-refractivity contribution in [1.82, 2.24) is 14.7 Å². The number of piperidine rings is 2. The highest BCUT2D eigenvalue weighted by Gasteiger charge is 2.47. The fourth-order valence-corrected chi connectivity index (χ4v) is 7.52. The standard InChI is InChI=1S/C35H45N5O3/c1-26-4-2-3-5-32(26)37-31-14-18-39(19-15-31)33(41)30-12-10-29(11-13-30)24-40-25-35(43-34(40)42)16-20-38(21-17-35)23-28-8-6-27(22-36)7-9-28/h2-9,29-31,37H,10-21,23-25H2,1H3. The first kappa shape index (κ1) is 29.5. The number of carbonyl (C=O) groups excluding carboxylic acids is 2. The average Bonchev–Trinajstić information content (AvgIpc) is 3.34. The average molecular weight is 584 g/mol. The maximum atomic E-state index is 13.4. The smallest absolute Gasteiger partial charge is 0.410 e. The van der Waals surface area contributed by atoms with Crippen molar-refractivity contribution in [3.8, 4) is 6.07 Å². The van der Waals surface area contributed by atoms with E-state index in [4.69, 9.17) is 10.00 Å². The molecule has 1 N–H and O–H groups in total. The number of aryl methyl sites for hydroxylation is 1. The zero-order valence-electron chi connectivity index (χ0n) is 25.5. The Labute approximate surface area is 256 Å². The van der Waals surface area contributed by atoms with E-state index < -0.39 is 0 Å². The van der Waals surface area contributed by atoms with Crippen LogP contribution in [0.4, 0.5) is 10.5 Å².